The summed E-state index contributed by atoms with van der Waals surface area (Å²) in [7, 11) is 0. The number of alkyl halides is 6. The smallest absolute Gasteiger partial charge is 0.268 e. The van der Waals surface area contributed by atoms with Crippen LogP contribution in [0.3, 0.4) is 0 Å². The highest BCUT2D eigenvalue weighted by Gasteiger charge is 2.37. The number of carbonyl (C=O) groups excluding carboxylic acids is 1. The molecular weight excluding hydrogens is 424 g/mol. The van der Waals surface area contributed by atoms with Crippen LogP contribution in [0.25, 0.3) is 6.08 Å². The largest absolute Gasteiger partial charge is 0.416 e. The van der Waals surface area contributed by atoms with E-state index in [1.165, 1.54) is 24.3 Å². The van der Waals surface area contributed by atoms with Crippen LogP contribution in [-0.2, 0) is 17.1 Å². The van der Waals surface area contributed by atoms with Gasteiger partial charge in [-0.3, -0.25) is 9.69 Å². The highest BCUT2D eigenvalue weighted by Crippen LogP contribution is 2.40. The zero-order valence-electron chi connectivity index (χ0n) is 13.6. The van der Waals surface area contributed by atoms with Gasteiger partial charge in [0.25, 0.3) is 5.91 Å². The third kappa shape index (κ3) is 4.07. The van der Waals surface area contributed by atoms with Crippen LogP contribution in [0, 0.1) is 0 Å². The zero-order chi connectivity index (χ0) is 20.7. The van der Waals surface area contributed by atoms with Crippen LogP contribution in [0.4, 0.5) is 32.0 Å². The zero-order valence-corrected chi connectivity index (χ0v) is 15.3. The Morgan fingerprint density at radius 2 is 1.61 bits per heavy atom. The maximum absolute atomic E-state index is 13.1. The Bertz CT molecular complexity index is 981. The maximum Gasteiger partial charge on any atom is 0.416 e. The van der Waals surface area contributed by atoms with Crippen molar-refractivity contribution >= 4 is 46.0 Å². The van der Waals surface area contributed by atoms with Crippen LogP contribution in [0.2, 0.25) is 0 Å². The number of halogens is 6. The molecule has 1 heterocycles. The summed E-state index contributed by atoms with van der Waals surface area (Å²) in [5.41, 5.74) is -2.24. The van der Waals surface area contributed by atoms with Crippen LogP contribution >= 0.6 is 24.0 Å². The van der Waals surface area contributed by atoms with Crippen molar-refractivity contribution in [1.82, 2.24) is 0 Å². The van der Waals surface area contributed by atoms with Crippen molar-refractivity contribution in [2.24, 2.45) is 0 Å². The lowest BCUT2D eigenvalue weighted by atomic mass is 10.1. The van der Waals surface area contributed by atoms with Gasteiger partial charge in [-0.25, -0.2) is 0 Å². The van der Waals surface area contributed by atoms with Gasteiger partial charge in [-0.1, -0.05) is 48.2 Å². The van der Waals surface area contributed by atoms with E-state index in [0.29, 0.717) is 0 Å². The maximum atomic E-state index is 13.1. The van der Waals surface area contributed by atoms with Crippen molar-refractivity contribution in [3.8, 4) is 0 Å². The summed E-state index contributed by atoms with van der Waals surface area (Å²) < 4.78 is 78.1. The summed E-state index contributed by atoms with van der Waals surface area (Å²) in [5.74, 6) is -0.786. The molecule has 0 saturated carbocycles. The van der Waals surface area contributed by atoms with E-state index in [-0.39, 0.29) is 20.5 Å². The molecule has 2 aromatic carbocycles. The minimum Gasteiger partial charge on any atom is -0.268 e. The lowest BCUT2D eigenvalue weighted by molar-refractivity contribution is -0.138. The molecule has 0 radical (unpaired) electrons. The van der Waals surface area contributed by atoms with Crippen molar-refractivity contribution in [3.05, 3.63) is 70.1 Å². The summed E-state index contributed by atoms with van der Waals surface area (Å²) in [6.07, 6.45) is -8.20. The fraction of sp³-hybridized carbons (Fsp3) is 0.111. The topological polar surface area (TPSA) is 20.3 Å². The Kier molecular flexibility index (Phi) is 5.28. The van der Waals surface area contributed by atoms with Gasteiger partial charge in [-0.05, 0) is 35.9 Å². The Hall–Kier alpha value is -2.33. The first kappa shape index (κ1) is 20.4. The van der Waals surface area contributed by atoms with Crippen LogP contribution in [0.15, 0.2) is 53.4 Å². The second-order valence-electron chi connectivity index (χ2n) is 5.65. The van der Waals surface area contributed by atoms with Crippen molar-refractivity contribution in [3.63, 3.8) is 0 Å². The van der Waals surface area contributed by atoms with E-state index < -0.39 is 29.4 Å². The molecular formula is C18H9F6NOS2. The first-order valence-corrected chi connectivity index (χ1v) is 8.82. The number of hydrogen-bond donors (Lipinski definition) is 0. The summed E-state index contributed by atoms with van der Waals surface area (Å²) in [4.78, 5) is 13.4. The fourth-order valence-electron chi connectivity index (χ4n) is 2.53. The molecule has 0 unspecified atom stereocenters. The molecule has 0 bridgehead atoms. The second kappa shape index (κ2) is 7.25. The Labute approximate surface area is 164 Å². The molecule has 3 rings (SSSR count). The van der Waals surface area contributed by atoms with Gasteiger partial charge in [0.05, 0.1) is 21.7 Å². The molecule has 1 amide bonds. The molecule has 0 aliphatic carbocycles. The van der Waals surface area contributed by atoms with Crippen LogP contribution < -0.4 is 4.90 Å². The Morgan fingerprint density at radius 3 is 2.25 bits per heavy atom. The minimum absolute atomic E-state index is 0.0694. The van der Waals surface area contributed by atoms with Crippen molar-refractivity contribution in [1.29, 1.82) is 0 Å². The van der Waals surface area contributed by atoms with Gasteiger partial charge in [-0.15, -0.1) is 0 Å². The molecule has 2 nitrogen and oxygen atoms in total. The molecule has 28 heavy (non-hydrogen) atoms. The summed E-state index contributed by atoms with van der Waals surface area (Å²) in [5, 5.41) is 0. The molecule has 10 heteroatoms. The number of carbonyl (C=O) groups is 1. The number of benzene rings is 2. The van der Waals surface area contributed by atoms with Crippen LogP contribution in [-0.4, -0.2) is 10.2 Å². The number of thioether (sulfide) groups is 1. The van der Waals surface area contributed by atoms with Gasteiger partial charge in [0.1, 0.15) is 0 Å². The predicted molar refractivity (Wildman–Crippen MR) is 98.5 cm³/mol. The van der Waals surface area contributed by atoms with Crippen molar-refractivity contribution < 1.29 is 31.1 Å². The second-order valence-corrected chi connectivity index (χ2v) is 7.33. The Morgan fingerprint density at radius 1 is 0.929 bits per heavy atom. The molecule has 0 aromatic heterocycles. The fourth-order valence-corrected chi connectivity index (χ4v) is 3.82. The molecule has 1 aliphatic rings. The van der Waals surface area contributed by atoms with Gasteiger partial charge >= 0.3 is 12.4 Å². The normalized spacial score (nSPS) is 16.9. The summed E-state index contributed by atoms with van der Waals surface area (Å²) in [6, 6.07) is 8.67. The summed E-state index contributed by atoms with van der Waals surface area (Å²) in [6.45, 7) is 0. The average Bonchev–Trinajstić information content (AvgIpc) is 2.87. The number of nitrogens with zero attached hydrogens (tertiary/aromatic N) is 1. The van der Waals surface area contributed by atoms with Gasteiger partial charge in [-0.2, -0.15) is 26.3 Å². The number of rotatable bonds is 2. The third-order valence-corrected chi connectivity index (χ3v) is 5.08. The number of thiocarbonyl (C=S) groups is 1. The van der Waals surface area contributed by atoms with Gasteiger partial charge in [0.2, 0.25) is 0 Å². The van der Waals surface area contributed by atoms with E-state index in [2.05, 4.69) is 0 Å². The minimum atomic E-state index is -4.62. The lowest BCUT2D eigenvalue weighted by Crippen LogP contribution is -2.27. The van der Waals surface area contributed by atoms with Crippen LogP contribution in [0.1, 0.15) is 16.7 Å². The standard InChI is InChI=1S/C18H9F6NOS2/c19-17(20,21)11-5-3-6-12(9-11)25-15(26)14(28-16(25)27)8-10-4-1-2-7-13(10)18(22,23)24/h1-9H/b14-8-. The molecule has 1 aliphatic heterocycles. The molecule has 146 valence electrons. The quantitative estimate of drug-likeness (QED) is 0.323. The van der Waals surface area contributed by atoms with E-state index in [0.717, 1.165) is 47.0 Å². The van der Waals surface area contributed by atoms with Gasteiger partial charge in [0, 0.05) is 0 Å². The molecule has 2 aromatic rings. The SMILES string of the molecule is O=C1/C(=C/c2ccccc2C(F)(F)F)SC(=S)N1c1cccc(C(F)(F)F)c1. The van der Waals surface area contributed by atoms with E-state index in [9.17, 15) is 31.1 Å². The molecule has 0 atom stereocenters. The van der Waals surface area contributed by atoms with Gasteiger partial charge in [0.15, 0.2) is 4.32 Å². The first-order valence-electron chi connectivity index (χ1n) is 7.60. The third-order valence-electron chi connectivity index (χ3n) is 3.78. The van der Waals surface area contributed by atoms with Gasteiger partial charge < -0.3 is 0 Å². The highest BCUT2D eigenvalue weighted by molar-refractivity contribution is 8.27. The average molecular weight is 433 g/mol. The predicted octanol–water partition coefficient (Wildman–Crippen LogP) is 6.13. The number of hydrogen-bond acceptors (Lipinski definition) is 3. The van der Waals surface area contributed by atoms with Crippen molar-refractivity contribution in [2.45, 2.75) is 12.4 Å². The number of amides is 1. The number of anilines is 1. The molecule has 0 N–H and O–H groups in total. The van der Waals surface area contributed by atoms with Crippen LogP contribution in [0.5, 0.6) is 0 Å². The Balaban J connectivity index is 1.99. The molecule has 1 saturated heterocycles. The van der Waals surface area contributed by atoms with E-state index in [1.54, 1.807) is 0 Å². The first-order chi connectivity index (χ1) is 13.0. The molecule has 0 spiro atoms. The van der Waals surface area contributed by atoms with E-state index >= 15 is 0 Å². The summed E-state index contributed by atoms with van der Waals surface area (Å²) >= 11 is 5.78. The van der Waals surface area contributed by atoms with E-state index in [4.69, 9.17) is 12.2 Å². The van der Waals surface area contributed by atoms with E-state index in [1.807, 2.05) is 0 Å². The van der Waals surface area contributed by atoms with Crippen molar-refractivity contribution in [2.75, 3.05) is 4.90 Å². The molecule has 1 fully saturated rings. The highest BCUT2D eigenvalue weighted by atomic mass is 32.2. The lowest BCUT2D eigenvalue weighted by Gasteiger charge is -2.16. The monoisotopic (exact) mass is 433 g/mol.